The van der Waals surface area contributed by atoms with Crippen molar-refractivity contribution in [1.82, 2.24) is 5.06 Å². The third-order valence-electron chi connectivity index (χ3n) is 3.25. The Bertz CT molecular complexity index is 593. The highest BCUT2D eigenvalue weighted by Gasteiger charge is 2.14. The zero-order chi connectivity index (χ0) is 15.9. The van der Waals surface area contributed by atoms with Gasteiger partial charge in [-0.1, -0.05) is 56.3 Å². The van der Waals surface area contributed by atoms with Crippen LogP contribution in [0.4, 0.5) is 0 Å². The van der Waals surface area contributed by atoms with E-state index in [4.69, 9.17) is 4.74 Å². The number of hydroxylamine groups is 2. The van der Waals surface area contributed by atoms with Crippen LogP contribution in [0.2, 0.25) is 0 Å². The maximum Gasteiger partial charge on any atom is 0.248 e. The molecule has 0 fully saturated rings. The summed E-state index contributed by atoms with van der Waals surface area (Å²) in [4.78, 5) is 11.6. The molecule has 0 aromatic heterocycles. The lowest BCUT2D eigenvalue weighted by molar-refractivity contribution is -0.171. The normalized spacial score (nSPS) is 10.5. The van der Waals surface area contributed by atoms with Crippen LogP contribution in [0.25, 0.3) is 0 Å². The summed E-state index contributed by atoms with van der Waals surface area (Å²) >= 11 is 0. The fraction of sp³-hybridized carbons (Fsp3) is 0.278. The minimum absolute atomic E-state index is 0.177. The number of ether oxygens (including phenoxy) is 1. The lowest BCUT2D eigenvalue weighted by Crippen LogP contribution is -2.30. The summed E-state index contributed by atoms with van der Waals surface area (Å²) in [5.41, 5.74) is 1.96. The molecule has 2 aromatic rings. The van der Waals surface area contributed by atoms with Crippen molar-refractivity contribution < 1.29 is 14.7 Å². The van der Waals surface area contributed by atoms with Gasteiger partial charge in [0.1, 0.15) is 12.4 Å². The molecule has 2 aromatic carbocycles. The first kappa shape index (κ1) is 16.0. The molecule has 4 nitrogen and oxygen atoms in total. The van der Waals surface area contributed by atoms with Crippen molar-refractivity contribution in [1.29, 1.82) is 0 Å². The molecule has 0 aliphatic carbocycles. The average molecular weight is 299 g/mol. The van der Waals surface area contributed by atoms with E-state index in [1.54, 1.807) is 13.8 Å². The number of rotatable bonds is 6. The Morgan fingerprint density at radius 2 is 1.68 bits per heavy atom. The van der Waals surface area contributed by atoms with Gasteiger partial charge in [0.2, 0.25) is 5.91 Å². The monoisotopic (exact) mass is 299 g/mol. The quantitative estimate of drug-likeness (QED) is 0.654. The minimum Gasteiger partial charge on any atom is -0.489 e. The molecule has 0 atom stereocenters. The minimum atomic E-state index is -0.288. The zero-order valence-electron chi connectivity index (χ0n) is 12.9. The SMILES string of the molecule is CC(C)C(=O)N(O)Cc1ccc(OCc2ccccc2)cc1. The summed E-state index contributed by atoms with van der Waals surface area (Å²) < 4.78 is 5.69. The molecule has 0 heterocycles. The topological polar surface area (TPSA) is 49.8 Å². The predicted octanol–water partition coefficient (Wildman–Crippen LogP) is 3.64. The molecule has 0 aliphatic heterocycles. The van der Waals surface area contributed by atoms with Crippen LogP contribution in [0.1, 0.15) is 25.0 Å². The van der Waals surface area contributed by atoms with Crippen molar-refractivity contribution in [2.24, 2.45) is 5.92 Å². The van der Waals surface area contributed by atoms with Crippen LogP contribution in [0.5, 0.6) is 5.75 Å². The van der Waals surface area contributed by atoms with E-state index < -0.39 is 0 Å². The first-order valence-electron chi connectivity index (χ1n) is 7.32. The fourth-order valence-corrected chi connectivity index (χ4v) is 1.98. The van der Waals surface area contributed by atoms with Gasteiger partial charge in [0.15, 0.2) is 0 Å². The smallest absolute Gasteiger partial charge is 0.248 e. The highest BCUT2D eigenvalue weighted by atomic mass is 16.5. The van der Waals surface area contributed by atoms with E-state index in [2.05, 4.69) is 0 Å². The van der Waals surface area contributed by atoms with Gasteiger partial charge in [0, 0.05) is 5.92 Å². The number of hydrogen-bond acceptors (Lipinski definition) is 3. The average Bonchev–Trinajstić information content (AvgIpc) is 2.54. The summed E-state index contributed by atoms with van der Waals surface area (Å²) in [5.74, 6) is 0.246. The van der Waals surface area contributed by atoms with Gasteiger partial charge in [0.05, 0.1) is 6.54 Å². The Balaban J connectivity index is 1.89. The van der Waals surface area contributed by atoms with Gasteiger partial charge >= 0.3 is 0 Å². The highest BCUT2D eigenvalue weighted by molar-refractivity contribution is 5.76. The third kappa shape index (κ3) is 4.60. The van der Waals surface area contributed by atoms with Gasteiger partial charge in [-0.05, 0) is 23.3 Å². The molecule has 0 saturated carbocycles. The molecule has 116 valence electrons. The molecule has 1 amide bonds. The summed E-state index contributed by atoms with van der Waals surface area (Å²) in [5, 5.41) is 10.5. The first-order valence-corrected chi connectivity index (χ1v) is 7.32. The molecule has 22 heavy (non-hydrogen) atoms. The summed E-state index contributed by atoms with van der Waals surface area (Å²) in [6.45, 7) is 4.20. The zero-order valence-corrected chi connectivity index (χ0v) is 12.9. The Kier molecular flexibility index (Phi) is 5.55. The maximum absolute atomic E-state index is 11.6. The number of nitrogens with zero attached hydrogens (tertiary/aromatic N) is 1. The molecule has 1 N–H and O–H groups in total. The highest BCUT2D eigenvalue weighted by Crippen LogP contribution is 2.15. The molecule has 0 radical (unpaired) electrons. The molecular formula is C18H21NO3. The maximum atomic E-state index is 11.6. The molecule has 0 saturated heterocycles. The lowest BCUT2D eigenvalue weighted by atomic mass is 10.1. The van der Waals surface area contributed by atoms with E-state index in [0.29, 0.717) is 6.61 Å². The van der Waals surface area contributed by atoms with Crippen LogP contribution in [-0.2, 0) is 17.9 Å². The molecule has 2 rings (SSSR count). The predicted molar refractivity (Wildman–Crippen MR) is 84.4 cm³/mol. The number of hydrogen-bond donors (Lipinski definition) is 1. The largest absolute Gasteiger partial charge is 0.489 e. The van der Waals surface area contributed by atoms with Crippen molar-refractivity contribution in [2.75, 3.05) is 0 Å². The van der Waals surface area contributed by atoms with Crippen LogP contribution in [0.3, 0.4) is 0 Å². The van der Waals surface area contributed by atoms with Crippen molar-refractivity contribution in [2.45, 2.75) is 27.0 Å². The number of amides is 1. The lowest BCUT2D eigenvalue weighted by Gasteiger charge is -2.17. The summed E-state index contributed by atoms with van der Waals surface area (Å²) in [6.07, 6.45) is 0. The van der Waals surface area contributed by atoms with Crippen molar-refractivity contribution in [3.05, 3.63) is 65.7 Å². The first-order chi connectivity index (χ1) is 10.6. The van der Waals surface area contributed by atoms with Crippen LogP contribution in [0.15, 0.2) is 54.6 Å². The Morgan fingerprint density at radius 3 is 2.27 bits per heavy atom. The molecular weight excluding hydrogens is 278 g/mol. The van der Waals surface area contributed by atoms with Gasteiger partial charge < -0.3 is 4.74 Å². The second-order valence-electron chi connectivity index (χ2n) is 5.47. The van der Waals surface area contributed by atoms with E-state index in [1.807, 2.05) is 54.6 Å². The van der Waals surface area contributed by atoms with E-state index in [1.165, 1.54) is 0 Å². The van der Waals surface area contributed by atoms with Crippen LogP contribution >= 0.6 is 0 Å². The van der Waals surface area contributed by atoms with Crippen LogP contribution < -0.4 is 4.74 Å². The number of benzene rings is 2. The Morgan fingerprint density at radius 1 is 1.05 bits per heavy atom. The molecule has 0 aliphatic rings. The second kappa shape index (κ2) is 7.61. The second-order valence-corrected chi connectivity index (χ2v) is 5.47. The van der Waals surface area contributed by atoms with Crippen molar-refractivity contribution in [3.8, 4) is 5.75 Å². The van der Waals surface area contributed by atoms with Crippen molar-refractivity contribution in [3.63, 3.8) is 0 Å². The van der Waals surface area contributed by atoms with E-state index in [0.717, 1.165) is 21.9 Å². The van der Waals surface area contributed by atoms with Crippen LogP contribution in [-0.4, -0.2) is 16.2 Å². The van der Waals surface area contributed by atoms with Gasteiger partial charge in [-0.3, -0.25) is 10.0 Å². The summed E-state index contributed by atoms with van der Waals surface area (Å²) in [6, 6.07) is 17.3. The van der Waals surface area contributed by atoms with E-state index in [-0.39, 0.29) is 18.4 Å². The third-order valence-corrected chi connectivity index (χ3v) is 3.25. The standard InChI is InChI=1S/C18H21NO3/c1-14(2)18(20)19(21)12-15-8-10-17(11-9-15)22-13-16-6-4-3-5-7-16/h3-11,14,21H,12-13H2,1-2H3. The van der Waals surface area contributed by atoms with Gasteiger partial charge in [-0.15, -0.1) is 0 Å². The van der Waals surface area contributed by atoms with Gasteiger partial charge in [-0.25, -0.2) is 5.06 Å². The molecule has 4 heteroatoms. The van der Waals surface area contributed by atoms with Crippen LogP contribution in [0, 0.1) is 5.92 Å². The molecule has 0 bridgehead atoms. The Hall–Kier alpha value is -2.33. The fourth-order valence-electron chi connectivity index (χ4n) is 1.98. The summed E-state index contributed by atoms with van der Waals surface area (Å²) in [7, 11) is 0. The van der Waals surface area contributed by atoms with Crippen molar-refractivity contribution >= 4 is 5.91 Å². The van der Waals surface area contributed by atoms with Gasteiger partial charge in [0.25, 0.3) is 0 Å². The Labute approximate surface area is 130 Å². The molecule has 0 unspecified atom stereocenters. The van der Waals surface area contributed by atoms with E-state index >= 15 is 0 Å². The van der Waals surface area contributed by atoms with E-state index in [9.17, 15) is 10.0 Å². The number of carbonyl (C=O) groups excluding carboxylic acids is 1. The number of carbonyl (C=O) groups is 1. The molecule has 0 spiro atoms. The van der Waals surface area contributed by atoms with Gasteiger partial charge in [-0.2, -0.15) is 0 Å².